The van der Waals surface area contributed by atoms with Gasteiger partial charge in [-0.1, -0.05) is 42.5 Å². The van der Waals surface area contributed by atoms with E-state index in [1.807, 2.05) is 73.7 Å². The highest BCUT2D eigenvalue weighted by molar-refractivity contribution is 5.98. The van der Waals surface area contributed by atoms with Crippen LogP contribution < -0.4 is 11.1 Å². The normalized spacial score (nSPS) is 10.9. The van der Waals surface area contributed by atoms with E-state index in [-0.39, 0.29) is 18.1 Å². The van der Waals surface area contributed by atoms with Crippen LogP contribution in [0.2, 0.25) is 0 Å². The number of pyridine rings is 1. The van der Waals surface area contributed by atoms with Crippen LogP contribution in [0.1, 0.15) is 21.7 Å². The number of hydrogen-bond donors (Lipinski definition) is 2. The van der Waals surface area contributed by atoms with Crippen molar-refractivity contribution in [1.82, 2.24) is 30.5 Å². The Labute approximate surface area is 195 Å². The van der Waals surface area contributed by atoms with Crippen LogP contribution in [0.3, 0.4) is 0 Å². The smallest absolute Gasteiger partial charge is 0.274 e. The second-order valence-electron chi connectivity index (χ2n) is 7.78. The molecule has 0 unspecified atom stereocenters. The van der Waals surface area contributed by atoms with Crippen molar-refractivity contribution in [3.63, 3.8) is 0 Å². The molecule has 0 aliphatic rings. The van der Waals surface area contributed by atoms with Gasteiger partial charge in [0.05, 0.1) is 29.1 Å². The summed E-state index contributed by atoms with van der Waals surface area (Å²) < 4.78 is 0. The first-order chi connectivity index (χ1) is 16.6. The van der Waals surface area contributed by atoms with Crippen LogP contribution in [0.15, 0.2) is 79.1 Å². The standard InChI is InChI=1S/C26H21N7O/c1-16-11-13-30-33-21(16)15-29-26(34)24-25(27)32-22(17-6-3-2-4-7-17)23(31-24)19-9-10-20-18(14-19)8-5-12-28-20/h2-14H,15H2,1H3,(H2,27,32)(H,29,34). The van der Waals surface area contributed by atoms with E-state index in [0.717, 1.165) is 27.6 Å². The molecule has 0 saturated carbocycles. The highest BCUT2D eigenvalue weighted by atomic mass is 16.1. The molecule has 0 aliphatic carbocycles. The minimum Gasteiger partial charge on any atom is -0.382 e. The molecule has 0 aliphatic heterocycles. The number of benzene rings is 2. The van der Waals surface area contributed by atoms with Gasteiger partial charge in [-0.3, -0.25) is 9.78 Å². The summed E-state index contributed by atoms with van der Waals surface area (Å²) in [6, 6.07) is 21.2. The largest absolute Gasteiger partial charge is 0.382 e. The molecule has 1 amide bonds. The van der Waals surface area contributed by atoms with Crippen LogP contribution in [0.5, 0.6) is 0 Å². The summed E-state index contributed by atoms with van der Waals surface area (Å²) in [4.78, 5) is 26.7. The monoisotopic (exact) mass is 447 g/mol. The Morgan fingerprint density at radius 2 is 1.74 bits per heavy atom. The molecule has 5 rings (SSSR count). The summed E-state index contributed by atoms with van der Waals surface area (Å²) in [5.41, 5.74) is 11.6. The Balaban J connectivity index is 1.58. The lowest BCUT2D eigenvalue weighted by Crippen LogP contribution is -2.26. The first-order valence-corrected chi connectivity index (χ1v) is 10.7. The molecular weight excluding hydrogens is 426 g/mol. The molecule has 3 aromatic heterocycles. The van der Waals surface area contributed by atoms with E-state index in [0.29, 0.717) is 17.1 Å². The molecule has 0 atom stereocenters. The average molecular weight is 448 g/mol. The van der Waals surface area contributed by atoms with Gasteiger partial charge in [0.15, 0.2) is 11.5 Å². The summed E-state index contributed by atoms with van der Waals surface area (Å²) in [6.07, 6.45) is 3.36. The second kappa shape index (κ2) is 9.03. The molecule has 0 saturated heterocycles. The molecule has 166 valence electrons. The fraction of sp³-hybridized carbons (Fsp3) is 0.0769. The quantitative estimate of drug-likeness (QED) is 0.418. The third-order valence-electron chi connectivity index (χ3n) is 5.50. The van der Waals surface area contributed by atoms with Gasteiger partial charge in [-0.25, -0.2) is 9.97 Å². The Hall–Kier alpha value is -4.72. The average Bonchev–Trinajstić information content (AvgIpc) is 2.88. The number of anilines is 1. The van der Waals surface area contributed by atoms with E-state index in [2.05, 4.69) is 25.5 Å². The molecule has 0 bridgehead atoms. The lowest BCUT2D eigenvalue weighted by molar-refractivity contribution is 0.0946. The number of aromatic nitrogens is 5. The van der Waals surface area contributed by atoms with Gasteiger partial charge in [0, 0.05) is 28.9 Å². The zero-order valence-corrected chi connectivity index (χ0v) is 18.4. The summed E-state index contributed by atoms with van der Waals surface area (Å²) >= 11 is 0. The van der Waals surface area contributed by atoms with E-state index in [4.69, 9.17) is 10.7 Å². The number of carbonyl (C=O) groups is 1. The minimum absolute atomic E-state index is 0.0541. The van der Waals surface area contributed by atoms with Crippen molar-refractivity contribution in [3.8, 4) is 22.5 Å². The predicted molar refractivity (Wildman–Crippen MR) is 131 cm³/mol. The van der Waals surface area contributed by atoms with Crippen LogP contribution in [0.25, 0.3) is 33.4 Å². The van der Waals surface area contributed by atoms with Crippen molar-refractivity contribution in [2.45, 2.75) is 13.5 Å². The number of hydrogen-bond acceptors (Lipinski definition) is 7. The molecule has 2 aromatic carbocycles. The maximum atomic E-state index is 13.0. The predicted octanol–water partition coefficient (Wildman–Crippen LogP) is 3.97. The molecule has 8 heteroatoms. The second-order valence-corrected chi connectivity index (χ2v) is 7.78. The Morgan fingerprint density at radius 3 is 2.56 bits per heavy atom. The summed E-state index contributed by atoms with van der Waals surface area (Å²) in [6.45, 7) is 2.11. The van der Waals surface area contributed by atoms with Crippen LogP contribution in [-0.4, -0.2) is 31.1 Å². The first kappa shape index (κ1) is 21.1. The number of fused-ring (bicyclic) bond motifs is 1. The minimum atomic E-state index is -0.432. The van der Waals surface area contributed by atoms with E-state index in [1.165, 1.54) is 0 Å². The molecule has 0 fully saturated rings. The number of aryl methyl sites for hydroxylation is 1. The maximum absolute atomic E-state index is 13.0. The lowest BCUT2D eigenvalue weighted by Gasteiger charge is -2.14. The molecular formula is C26H21N7O. The first-order valence-electron chi connectivity index (χ1n) is 10.7. The summed E-state index contributed by atoms with van der Waals surface area (Å²) in [7, 11) is 0. The summed E-state index contributed by atoms with van der Waals surface area (Å²) in [5, 5.41) is 11.7. The number of nitrogens with two attached hydrogens (primary N) is 1. The maximum Gasteiger partial charge on any atom is 0.274 e. The summed E-state index contributed by atoms with van der Waals surface area (Å²) in [5.74, 6) is -0.378. The fourth-order valence-electron chi connectivity index (χ4n) is 3.68. The number of nitrogens with one attached hydrogen (secondary N) is 1. The van der Waals surface area contributed by atoms with Crippen molar-refractivity contribution in [3.05, 3.63) is 96.1 Å². The molecule has 3 heterocycles. The topological polar surface area (TPSA) is 120 Å². The van der Waals surface area contributed by atoms with Gasteiger partial charge in [0.1, 0.15) is 0 Å². The van der Waals surface area contributed by atoms with E-state index in [9.17, 15) is 4.79 Å². The number of nitrogen functional groups attached to an aromatic ring is 1. The Kier molecular flexibility index (Phi) is 5.61. The van der Waals surface area contributed by atoms with E-state index < -0.39 is 5.91 Å². The van der Waals surface area contributed by atoms with Gasteiger partial charge in [0.25, 0.3) is 5.91 Å². The number of carbonyl (C=O) groups excluding carboxylic acids is 1. The third-order valence-corrected chi connectivity index (χ3v) is 5.50. The van der Waals surface area contributed by atoms with Crippen molar-refractivity contribution in [2.24, 2.45) is 0 Å². The zero-order valence-electron chi connectivity index (χ0n) is 18.4. The van der Waals surface area contributed by atoms with Gasteiger partial charge < -0.3 is 11.1 Å². The SMILES string of the molecule is Cc1ccnnc1CNC(=O)c1nc(-c2ccc3ncccc3c2)c(-c2ccccc2)nc1N. The van der Waals surface area contributed by atoms with Gasteiger partial charge >= 0.3 is 0 Å². The molecule has 0 radical (unpaired) electrons. The van der Waals surface area contributed by atoms with Crippen LogP contribution in [-0.2, 0) is 6.54 Å². The lowest BCUT2D eigenvalue weighted by atomic mass is 10.0. The Morgan fingerprint density at radius 1 is 0.912 bits per heavy atom. The third kappa shape index (κ3) is 4.16. The number of amides is 1. The van der Waals surface area contributed by atoms with E-state index in [1.54, 1.807) is 12.4 Å². The molecule has 5 aromatic rings. The van der Waals surface area contributed by atoms with Crippen LogP contribution >= 0.6 is 0 Å². The van der Waals surface area contributed by atoms with Gasteiger partial charge in [-0.2, -0.15) is 10.2 Å². The molecule has 8 nitrogen and oxygen atoms in total. The van der Waals surface area contributed by atoms with Gasteiger partial charge in [-0.15, -0.1) is 0 Å². The number of nitrogens with zero attached hydrogens (tertiary/aromatic N) is 5. The Bertz CT molecular complexity index is 1500. The van der Waals surface area contributed by atoms with Crippen LogP contribution in [0, 0.1) is 6.92 Å². The van der Waals surface area contributed by atoms with Crippen molar-refractivity contribution < 1.29 is 4.79 Å². The zero-order chi connectivity index (χ0) is 23.5. The fourth-order valence-corrected chi connectivity index (χ4v) is 3.68. The van der Waals surface area contributed by atoms with Gasteiger partial charge in [-0.05, 0) is 36.8 Å². The molecule has 34 heavy (non-hydrogen) atoms. The van der Waals surface area contributed by atoms with E-state index >= 15 is 0 Å². The van der Waals surface area contributed by atoms with Crippen molar-refractivity contribution in [2.75, 3.05) is 5.73 Å². The molecule has 0 spiro atoms. The highest BCUT2D eigenvalue weighted by Gasteiger charge is 2.20. The van der Waals surface area contributed by atoms with Crippen molar-refractivity contribution >= 4 is 22.6 Å². The highest BCUT2D eigenvalue weighted by Crippen LogP contribution is 2.32. The number of rotatable bonds is 5. The van der Waals surface area contributed by atoms with Crippen LogP contribution in [0.4, 0.5) is 5.82 Å². The van der Waals surface area contributed by atoms with Gasteiger partial charge in [0.2, 0.25) is 0 Å². The van der Waals surface area contributed by atoms with Crippen molar-refractivity contribution in [1.29, 1.82) is 0 Å². The molecule has 3 N–H and O–H groups in total.